The number of esters is 1. The Morgan fingerprint density at radius 3 is 2.35 bits per heavy atom. The number of halogens is 2. The van der Waals surface area contributed by atoms with E-state index < -0.39 is 28.7 Å². The molecule has 0 fully saturated rings. The Kier molecular flexibility index (Phi) is 11.0. The Bertz CT molecular complexity index is 2050. The van der Waals surface area contributed by atoms with E-state index in [0.717, 1.165) is 48.8 Å². The van der Waals surface area contributed by atoms with Crippen molar-refractivity contribution in [1.29, 1.82) is 0 Å². The number of anilines is 1. The molecule has 0 atom stereocenters. The molecule has 2 aromatic heterocycles. The number of amides is 1. The zero-order valence-electron chi connectivity index (χ0n) is 30.2. The fourth-order valence-corrected chi connectivity index (χ4v) is 5.86. The molecule has 3 aromatic carbocycles. The maximum absolute atomic E-state index is 15.1. The molecule has 5 rings (SSSR count). The van der Waals surface area contributed by atoms with Crippen molar-refractivity contribution in [2.24, 2.45) is 0 Å². The van der Waals surface area contributed by atoms with Crippen LogP contribution in [0.4, 0.5) is 14.5 Å². The molecule has 51 heavy (non-hydrogen) atoms. The number of nitrogens with one attached hydrogen (secondary N) is 2. The zero-order chi connectivity index (χ0) is 37.1. The number of fused-ring (bicyclic) bond motifs is 1. The second kappa shape index (κ2) is 15.1. The van der Waals surface area contributed by atoms with Crippen LogP contribution in [0, 0.1) is 18.6 Å². The molecule has 3 N–H and O–H groups in total. The minimum absolute atomic E-state index is 0.167. The van der Waals surface area contributed by atoms with Crippen molar-refractivity contribution in [2.45, 2.75) is 78.6 Å². The fraction of sp³-hybridized carbons (Fsp3) is 0.350. The molecule has 5 aromatic rings. The van der Waals surface area contributed by atoms with Crippen LogP contribution in [0.5, 0.6) is 0 Å². The summed E-state index contributed by atoms with van der Waals surface area (Å²) in [4.78, 5) is 39.5. The third-order valence-electron chi connectivity index (χ3n) is 8.53. The number of hydrogen-bond acceptors (Lipinski definition) is 7. The molecule has 268 valence electrons. The van der Waals surface area contributed by atoms with Crippen LogP contribution in [0.1, 0.15) is 80.9 Å². The molecule has 0 unspecified atom stereocenters. The van der Waals surface area contributed by atoms with Crippen molar-refractivity contribution < 1.29 is 28.2 Å². The topological polar surface area (TPSA) is 120 Å². The number of benzene rings is 3. The molecule has 1 amide bonds. The van der Waals surface area contributed by atoms with E-state index in [-0.39, 0.29) is 17.2 Å². The molecule has 0 spiro atoms. The Labute approximate surface area is 297 Å². The average Bonchev–Trinajstić information content (AvgIpc) is 3.48. The van der Waals surface area contributed by atoms with Crippen LogP contribution in [0.2, 0.25) is 0 Å². The summed E-state index contributed by atoms with van der Waals surface area (Å²) in [5, 5.41) is 13.5. The highest BCUT2D eigenvalue weighted by atomic mass is 19.1. The van der Waals surface area contributed by atoms with E-state index in [2.05, 4.69) is 44.3 Å². The van der Waals surface area contributed by atoms with Crippen LogP contribution < -0.4 is 5.32 Å². The van der Waals surface area contributed by atoms with E-state index >= 15 is 4.39 Å². The lowest BCUT2D eigenvalue weighted by Gasteiger charge is -2.20. The number of H-pyrrole nitrogens is 1. The van der Waals surface area contributed by atoms with Crippen molar-refractivity contribution in [3.63, 3.8) is 0 Å². The maximum atomic E-state index is 15.1. The number of nitrogens with zero attached hydrogens (tertiary/aromatic N) is 3. The molecule has 0 aliphatic heterocycles. The molecule has 0 bridgehead atoms. The summed E-state index contributed by atoms with van der Waals surface area (Å²) < 4.78 is 35.3. The lowest BCUT2D eigenvalue weighted by Crippen LogP contribution is -2.24. The van der Waals surface area contributed by atoms with Gasteiger partial charge in [-0.15, -0.1) is 0 Å². The molecular weight excluding hydrogens is 652 g/mol. The predicted octanol–water partition coefficient (Wildman–Crippen LogP) is 8.30. The van der Waals surface area contributed by atoms with Gasteiger partial charge in [0.05, 0.1) is 16.9 Å². The highest BCUT2D eigenvalue weighted by Gasteiger charge is 2.22. The number of unbranched alkanes of at least 4 members (excludes halogenated alkanes) is 1. The van der Waals surface area contributed by atoms with Gasteiger partial charge in [0.25, 0.3) is 5.91 Å². The van der Waals surface area contributed by atoms with E-state index in [9.17, 15) is 19.1 Å². The molecular formula is C40H45F2N5O4. The summed E-state index contributed by atoms with van der Waals surface area (Å²) in [6.45, 7) is 12.0. The first-order chi connectivity index (χ1) is 24.0. The summed E-state index contributed by atoms with van der Waals surface area (Å²) in [6.07, 6.45) is 3.47. The summed E-state index contributed by atoms with van der Waals surface area (Å²) >= 11 is 0. The SMILES string of the molecule is Cc1c(NC(=O)c2ccc(C(C)(C)O)cc2F)cc(F)cc1-c1ncnc2[nH]c(-c3ccc(CN(C)CCCCC(=O)OC(C)(C)C)cc3)cc12. The van der Waals surface area contributed by atoms with Crippen molar-refractivity contribution in [1.82, 2.24) is 19.9 Å². The van der Waals surface area contributed by atoms with Gasteiger partial charge in [0.15, 0.2) is 0 Å². The van der Waals surface area contributed by atoms with Crippen molar-refractivity contribution in [3.05, 3.63) is 101 Å². The van der Waals surface area contributed by atoms with Crippen LogP contribution in [-0.2, 0) is 21.7 Å². The third-order valence-corrected chi connectivity index (χ3v) is 8.53. The molecule has 11 heteroatoms. The third kappa shape index (κ3) is 9.42. The number of aliphatic hydroxyl groups is 1. The molecule has 0 radical (unpaired) electrons. The minimum atomic E-state index is -1.28. The van der Waals surface area contributed by atoms with E-state index in [0.29, 0.717) is 39.8 Å². The van der Waals surface area contributed by atoms with Gasteiger partial charge in [0.2, 0.25) is 0 Å². The first-order valence-electron chi connectivity index (χ1n) is 17.0. The van der Waals surface area contributed by atoms with Crippen LogP contribution >= 0.6 is 0 Å². The van der Waals surface area contributed by atoms with Gasteiger partial charge in [-0.3, -0.25) is 9.59 Å². The smallest absolute Gasteiger partial charge is 0.306 e. The number of hydrogen-bond donors (Lipinski definition) is 3. The van der Waals surface area contributed by atoms with E-state index in [1.165, 1.54) is 44.4 Å². The molecule has 2 heterocycles. The molecule has 0 aliphatic rings. The number of aromatic amines is 1. The highest BCUT2D eigenvalue weighted by Crippen LogP contribution is 2.35. The highest BCUT2D eigenvalue weighted by molar-refractivity contribution is 6.06. The van der Waals surface area contributed by atoms with Gasteiger partial charge < -0.3 is 25.0 Å². The van der Waals surface area contributed by atoms with Crippen molar-refractivity contribution >= 4 is 28.6 Å². The normalized spacial score (nSPS) is 12.1. The maximum Gasteiger partial charge on any atom is 0.306 e. The van der Waals surface area contributed by atoms with E-state index in [1.807, 2.05) is 39.0 Å². The first kappa shape index (κ1) is 37.3. The minimum Gasteiger partial charge on any atom is -0.460 e. The lowest BCUT2D eigenvalue weighted by molar-refractivity contribution is -0.154. The van der Waals surface area contributed by atoms with Gasteiger partial charge in [-0.25, -0.2) is 18.7 Å². The fourth-order valence-electron chi connectivity index (χ4n) is 5.86. The quantitative estimate of drug-likeness (QED) is 0.0886. The summed E-state index contributed by atoms with van der Waals surface area (Å²) in [5.41, 5.74) is 3.42. The second-order valence-electron chi connectivity index (χ2n) is 14.5. The number of carbonyl (C=O) groups excluding carboxylic acids is 2. The predicted molar refractivity (Wildman–Crippen MR) is 195 cm³/mol. The van der Waals surface area contributed by atoms with Crippen molar-refractivity contribution in [3.8, 4) is 22.5 Å². The summed E-state index contributed by atoms with van der Waals surface area (Å²) in [5.74, 6) is -2.32. The standard InChI is InChI=1S/C40H45F2N5O4/c1-24-30(19-28(41)20-33(24)46-38(49)29-16-15-27(18-32(29)42)40(5,6)50)36-31-21-34(45-37(31)44-23-43-36)26-13-11-25(12-14-26)22-47(7)17-9-8-10-35(48)51-39(2,3)4/h11-16,18-21,23,50H,8-10,17,22H2,1-7H3,(H,46,49)(H,43,44,45). The number of carbonyl (C=O) groups is 2. The van der Waals surface area contributed by atoms with Gasteiger partial charge in [-0.1, -0.05) is 30.3 Å². The Balaban J connectivity index is 1.29. The van der Waals surface area contributed by atoms with Gasteiger partial charge in [0, 0.05) is 35.3 Å². The Hall–Kier alpha value is -5.00. The Morgan fingerprint density at radius 1 is 0.961 bits per heavy atom. The molecule has 0 saturated heterocycles. The van der Waals surface area contributed by atoms with Crippen LogP contribution in [-0.4, -0.2) is 56.0 Å². The second-order valence-corrected chi connectivity index (χ2v) is 14.5. The van der Waals surface area contributed by atoms with Crippen LogP contribution in [0.15, 0.2) is 67.0 Å². The van der Waals surface area contributed by atoms with Gasteiger partial charge in [0.1, 0.15) is 29.2 Å². The number of ether oxygens (including phenoxy) is 1. The van der Waals surface area contributed by atoms with E-state index in [1.54, 1.807) is 6.92 Å². The molecule has 9 nitrogen and oxygen atoms in total. The van der Waals surface area contributed by atoms with Gasteiger partial charge >= 0.3 is 5.97 Å². The molecule has 0 saturated carbocycles. The van der Waals surface area contributed by atoms with Crippen molar-refractivity contribution in [2.75, 3.05) is 18.9 Å². The zero-order valence-corrected chi connectivity index (χ0v) is 30.2. The van der Waals surface area contributed by atoms with Gasteiger partial charge in [-0.2, -0.15) is 0 Å². The lowest BCUT2D eigenvalue weighted by atomic mass is 9.96. The summed E-state index contributed by atoms with van der Waals surface area (Å²) in [7, 11) is 2.05. The summed E-state index contributed by atoms with van der Waals surface area (Å²) in [6, 6.07) is 16.5. The largest absolute Gasteiger partial charge is 0.460 e. The number of rotatable bonds is 12. The van der Waals surface area contributed by atoms with Gasteiger partial charge in [-0.05, 0) is 121 Å². The number of aromatic nitrogens is 3. The average molecular weight is 698 g/mol. The van der Waals surface area contributed by atoms with Crippen LogP contribution in [0.3, 0.4) is 0 Å². The Morgan fingerprint density at radius 2 is 1.69 bits per heavy atom. The molecule has 0 aliphatic carbocycles. The monoisotopic (exact) mass is 697 g/mol. The van der Waals surface area contributed by atoms with Crippen LogP contribution in [0.25, 0.3) is 33.5 Å². The van der Waals surface area contributed by atoms with E-state index in [4.69, 9.17) is 4.74 Å². The first-order valence-corrected chi connectivity index (χ1v) is 17.0.